The number of hydrogen-bond acceptors (Lipinski definition) is 5. The number of carbonyl (C=O) groups is 2. The third kappa shape index (κ3) is 6.18. The van der Waals surface area contributed by atoms with E-state index < -0.39 is 0 Å². The molecule has 1 aromatic carbocycles. The largest absolute Gasteiger partial charge is 0.379 e. The highest BCUT2D eigenvalue weighted by Gasteiger charge is 2.22. The van der Waals surface area contributed by atoms with Crippen LogP contribution >= 0.6 is 0 Å². The molecule has 1 saturated heterocycles. The van der Waals surface area contributed by atoms with Crippen molar-refractivity contribution in [2.45, 2.75) is 32.1 Å². The Balaban J connectivity index is 1.62. The second-order valence-electron chi connectivity index (χ2n) is 8.16. The van der Waals surface area contributed by atoms with Crippen LogP contribution in [-0.2, 0) is 9.53 Å². The fraction of sp³-hybridized carbons (Fsp3) is 0.636. The van der Waals surface area contributed by atoms with Crippen molar-refractivity contribution in [2.75, 3.05) is 63.7 Å². The van der Waals surface area contributed by atoms with Crippen molar-refractivity contribution in [3.8, 4) is 0 Å². The SMILES string of the molecule is CN(C)c1ccc(NC(=O)C2CCCCC2)cc1C(=O)NCCN1CCOCC1. The Kier molecular flexibility index (Phi) is 7.89. The minimum atomic E-state index is -0.115. The Bertz CT molecular complexity index is 695. The average Bonchev–Trinajstić information content (AvgIpc) is 2.75. The van der Waals surface area contributed by atoms with E-state index in [1.54, 1.807) is 6.07 Å². The topological polar surface area (TPSA) is 73.9 Å². The zero-order valence-corrected chi connectivity index (χ0v) is 17.7. The normalized spacial score (nSPS) is 18.3. The number of benzene rings is 1. The molecule has 0 unspecified atom stereocenters. The molecule has 2 fully saturated rings. The second kappa shape index (κ2) is 10.6. The summed E-state index contributed by atoms with van der Waals surface area (Å²) in [6.45, 7) is 4.71. The molecule has 0 atom stereocenters. The fourth-order valence-corrected chi connectivity index (χ4v) is 4.04. The molecule has 2 amide bonds. The molecular weight excluding hydrogens is 368 g/mol. The van der Waals surface area contributed by atoms with Crippen molar-refractivity contribution < 1.29 is 14.3 Å². The molecule has 3 rings (SSSR count). The lowest BCUT2D eigenvalue weighted by Crippen LogP contribution is -2.41. The van der Waals surface area contributed by atoms with Crippen LogP contribution in [0.4, 0.5) is 11.4 Å². The standard InChI is InChI=1S/C22H34N4O3/c1-25(2)20-9-8-18(24-21(27)17-6-4-3-5-7-17)16-19(20)22(28)23-10-11-26-12-14-29-15-13-26/h8-9,16-17H,3-7,10-15H2,1-2H3,(H,23,28)(H,24,27). The summed E-state index contributed by atoms with van der Waals surface area (Å²) < 4.78 is 5.36. The maximum atomic E-state index is 12.9. The quantitative estimate of drug-likeness (QED) is 0.732. The van der Waals surface area contributed by atoms with Crippen molar-refractivity contribution in [1.82, 2.24) is 10.2 Å². The molecule has 160 valence electrons. The maximum absolute atomic E-state index is 12.9. The molecule has 0 spiro atoms. The van der Waals surface area contributed by atoms with Gasteiger partial charge in [0, 0.05) is 57.6 Å². The smallest absolute Gasteiger partial charge is 0.253 e. The van der Waals surface area contributed by atoms with Gasteiger partial charge >= 0.3 is 0 Å². The third-order valence-corrected chi connectivity index (χ3v) is 5.78. The number of nitrogens with zero attached hydrogens (tertiary/aromatic N) is 2. The first-order valence-corrected chi connectivity index (χ1v) is 10.7. The summed E-state index contributed by atoms with van der Waals surface area (Å²) in [6.07, 6.45) is 5.37. The Labute approximate surface area is 173 Å². The van der Waals surface area contributed by atoms with Gasteiger partial charge in [0.2, 0.25) is 5.91 Å². The van der Waals surface area contributed by atoms with Crippen LogP contribution in [0.1, 0.15) is 42.5 Å². The molecule has 1 heterocycles. The lowest BCUT2D eigenvalue weighted by Gasteiger charge is -2.26. The second-order valence-corrected chi connectivity index (χ2v) is 8.16. The zero-order valence-electron chi connectivity index (χ0n) is 17.7. The molecular formula is C22H34N4O3. The minimum Gasteiger partial charge on any atom is -0.379 e. The number of anilines is 2. The fourth-order valence-electron chi connectivity index (χ4n) is 4.04. The molecule has 1 aliphatic carbocycles. The number of carbonyl (C=O) groups excluding carboxylic acids is 2. The summed E-state index contributed by atoms with van der Waals surface area (Å²) in [5.74, 6) is 0.0415. The van der Waals surface area contributed by atoms with Crippen LogP contribution in [0, 0.1) is 5.92 Å². The minimum absolute atomic E-state index is 0.0704. The van der Waals surface area contributed by atoms with E-state index in [-0.39, 0.29) is 17.7 Å². The Morgan fingerprint density at radius 1 is 1.14 bits per heavy atom. The number of nitrogens with one attached hydrogen (secondary N) is 2. The Hall–Kier alpha value is -2.12. The highest BCUT2D eigenvalue weighted by atomic mass is 16.5. The van der Waals surface area contributed by atoms with E-state index in [0.717, 1.165) is 64.2 Å². The van der Waals surface area contributed by atoms with Gasteiger partial charge in [-0.05, 0) is 31.0 Å². The monoisotopic (exact) mass is 402 g/mol. The molecule has 0 radical (unpaired) electrons. The number of hydrogen-bond donors (Lipinski definition) is 2. The predicted octanol–water partition coefficient (Wildman–Crippen LogP) is 2.33. The molecule has 29 heavy (non-hydrogen) atoms. The summed E-state index contributed by atoms with van der Waals surface area (Å²) in [7, 11) is 3.83. The molecule has 1 aliphatic heterocycles. The number of rotatable bonds is 7. The van der Waals surface area contributed by atoms with Gasteiger partial charge in [-0.25, -0.2) is 0 Å². The van der Waals surface area contributed by atoms with Gasteiger partial charge < -0.3 is 20.3 Å². The zero-order chi connectivity index (χ0) is 20.6. The van der Waals surface area contributed by atoms with Gasteiger partial charge in [-0.1, -0.05) is 19.3 Å². The summed E-state index contributed by atoms with van der Waals surface area (Å²) >= 11 is 0. The molecule has 0 aromatic heterocycles. The van der Waals surface area contributed by atoms with E-state index in [9.17, 15) is 9.59 Å². The van der Waals surface area contributed by atoms with Gasteiger partial charge in [-0.2, -0.15) is 0 Å². The molecule has 0 bridgehead atoms. The van der Waals surface area contributed by atoms with E-state index in [0.29, 0.717) is 17.8 Å². The Morgan fingerprint density at radius 3 is 2.55 bits per heavy atom. The number of amides is 2. The lowest BCUT2D eigenvalue weighted by molar-refractivity contribution is -0.120. The molecule has 1 aromatic rings. The maximum Gasteiger partial charge on any atom is 0.253 e. The average molecular weight is 403 g/mol. The van der Waals surface area contributed by atoms with Crippen LogP contribution in [-0.4, -0.2) is 70.2 Å². The first-order chi connectivity index (χ1) is 14.0. The number of ether oxygens (including phenoxy) is 1. The van der Waals surface area contributed by atoms with Gasteiger partial charge in [-0.3, -0.25) is 14.5 Å². The third-order valence-electron chi connectivity index (χ3n) is 5.78. The number of morpholine rings is 1. The van der Waals surface area contributed by atoms with Crippen LogP contribution in [0.2, 0.25) is 0 Å². The summed E-state index contributed by atoms with van der Waals surface area (Å²) in [4.78, 5) is 29.6. The predicted molar refractivity (Wildman–Crippen MR) is 116 cm³/mol. The van der Waals surface area contributed by atoms with E-state index in [1.807, 2.05) is 31.1 Å². The van der Waals surface area contributed by atoms with Crippen LogP contribution in [0.5, 0.6) is 0 Å². The van der Waals surface area contributed by atoms with Crippen LogP contribution in [0.15, 0.2) is 18.2 Å². The van der Waals surface area contributed by atoms with Crippen molar-refractivity contribution in [1.29, 1.82) is 0 Å². The molecule has 7 nitrogen and oxygen atoms in total. The summed E-state index contributed by atoms with van der Waals surface area (Å²) in [6, 6.07) is 5.56. The lowest BCUT2D eigenvalue weighted by atomic mass is 9.88. The van der Waals surface area contributed by atoms with E-state index in [1.165, 1.54) is 6.42 Å². The molecule has 2 aliphatic rings. The van der Waals surface area contributed by atoms with Crippen LogP contribution in [0.3, 0.4) is 0 Å². The van der Waals surface area contributed by atoms with Crippen LogP contribution < -0.4 is 15.5 Å². The molecule has 7 heteroatoms. The summed E-state index contributed by atoms with van der Waals surface area (Å²) in [5, 5.41) is 6.05. The van der Waals surface area contributed by atoms with Crippen molar-refractivity contribution >= 4 is 23.2 Å². The van der Waals surface area contributed by atoms with Gasteiger partial charge in [0.05, 0.1) is 18.8 Å². The first-order valence-electron chi connectivity index (χ1n) is 10.7. The van der Waals surface area contributed by atoms with E-state index >= 15 is 0 Å². The van der Waals surface area contributed by atoms with Crippen molar-refractivity contribution in [3.05, 3.63) is 23.8 Å². The molecule has 2 N–H and O–H groups in total. The Morgan fingerprint density at radius 2 is 1.86 bits per heavy atom. The van der Waals surface area contributed by atoms with Gasteiger partial charge in [0.1, 0.15) is 0 Å². The highest BCUT2D eigenvalue weighted by Crippen LogP contribution is 2.27. The van der Waals surface area contributed by atoms with Gasteiger partial charge in [0.15, 0.2) is 0 Å². The highest BCUT2D eigenvalue weighted by molar-refractivity contribution is 6.02. The van der Waals surface area contributed by atoms with Crippen molar-refractivity contribution in [2.24, 2.45) is 5.92 Å². The van der Waals surface area contributed by atoms with E-state index in [2.05, 4.69) is 15.5 Å². The summed E-state index contributed by atoms with van der Waals surface area (Å²) in [5.41, 5.74) is 2.10. The van der Waals surface area contributed by atoms with E-state index in [4.69, 9.17) is 4.74 Å². The van der Waals surface area contributed by atoms with Gasteiger partial charge in [0.25, 0.3) is 5.91 Å². The first kappa shape index (κ1) is 21.6. The molecule has 1 saturated carbocycles. The van der Waals surface area contributed by atoms with Gasteiger partial charge in [-0.15, -0.1) is 0 Å². The van der Waals surface area contributed by atoms with Crippen molar-refractivity contribution in [3.63, 3.8) is 0 Å². The van der Waals surface area contributed by atoms with Crippen LogP contribution in [0.25, 0.3) is 0 Å².